The van der Waals surface area contributed by atoms with Crippen LogP contribution in [0.5, 0.6) is 0 Å². The van der Waals surface area contributed by atoms with Crippen molar-refractivity contribution in [1.29, 1.82) is 0 Å². The van der Waals surface area contributed by atoms with Gasteiger partial charge in [0.05, 0.1) is 0 Å². The van der Waals surface area contributed by atoms with Gasteiger partial charge in [0.1, 0.15) is 5.78 Å². The summed E-state index contributed by atoms with van der Waals surface area (Å²) in [5.41, 5.74) is 2.68. The molecule has 1 aliphatic rings. The van der Waals surface area contributed by atoms with Crippen molar-refractivity contribution in [1.82, 2.24) is 0 Å². The summed E-state index contributed by atoms with van der Waals surface area (Å²) in [4.78, 5) is 11.9. The van der Waals surface area contributed by atoms with Crippen LogP contribution < -0.4 is 0 Å². The van der Waals surface area contributed by atoms with Crippen molar-refractivity contribution in [3.63, 3.8) is 0 Å². The lowest BCUT2D eigenvalue weighted by Crippen LogP contribution is -2.21. The molecule has 0 spiro atoms. The van der Waals surface area contributed by atoms with Crippen molar-refractivity contribution in [2.45, 2.75) is 51.4 Å². The number of hydrogen-bond acceptors (Lipinski definition) is 1. The van der Waals surface area contributed by atoms with Gasteiger partial charge in [0.2, 0.25) is 0 Å². The zero-order valence-electron chi connectivity index (χ0n) is 10.2. The average Bonchev–Trinajstić information content (AvgIpc) is 2.32. The fraction of sp³-hybridized carbons (Fsp3) is 0.533. The van der Waals surface area contributed by atoms with E-state index in [1.165, 1.54) is 24.0 Å². The molecule has 1 nitrogen and oxygen atoms in total. The molecule has 0 aromatic heterocycles. The van der Waals surface area contributed by atoms with Crippen LogP contribution in [0.2, 0.25) is 0 Å². The van der Waals surface area contributed by atoms with Crippen LogP contribution in [0, 0.1) is 0 Å². The maximum atomic E-state index is 11.9. The van der Waals surface area contributed by atoms with Gasteiger partial charge in [-0.2, -0.15) is 0 Å². The van der Waals surface area contributed by atoms with Gasteiger partial charge in [-0.05, 0) is 23.5 Å². The first kappa shape index (κ1) is 11.4. The van der Waals surface area contributed by atoms with E-state index in [0.29, 0.717) is 11.7 Å². The fourth-order valence-corrected chi connectivity index (χ4v) is 2.69. The highest BCUT2D eigenvalue weighted by atomic mass is 16.1. The van der Waals surface area contributed by atoms with Gasteiger partial charge in [0, 0.05) is 12.3 Å². The van der Waals surface area contributed by atoms with E-state index in [0.717, 1.165) is 12.8 Å². The highest BCUT2D eigenvalue weighted by Crippen LogP contribution is 2.38. The molecular weight excluding hydrogens is 196 g/mol. The Balaban J connectivity index is 2.29. The maximum Gasteiger partial charge on any atom is 0.140 e. The Morgan fingerprint density at radius 2 is 1.94 bits per heavy atom. The minimum atomic E-state index is 0.106. The fourth-order valence-electron chi connectivity index (χ4n) is 2.69. The second-order valence-corrected chi connectivity index (χ2v) is 4.86. The summed E-state index contributed by atoms with van der Waals surface area (Å²) in [7, 11) is 0. The van der Waals surface area contributed by atoms with Gasteiger partial charge in [-0.1, -0.05) is 51.0 Å². The van der Waals surface area contributed by atoms with E-state index in [-0.39, 0.29) is 5.92 Å². The molecule has 1 aromatic rings. The number of ketones is 1. The highest BCUT2D eigenvalue weighted by molar-refractivity contribution is 5.88. The standard InChI is InChI=1S/C15H20O/c1-3-4-7-12-10-15(16)11(2)13-8-5-6-9-14(12)13/h5-6,8-9,11-12H,3-4,7,10H2,1-2H3. The molecule has 0 saturated heterocycles. The van der Waals surface area contributed by atoms with Gasteiger partial charge < -0.3 is 0 Å². The Labute approximate surface area is 97.9 Å². The van der Waals surface area contributed by atoms with Crippen molar-refractivity contribution in [3.8, 4) is 0 Å². The minimum absolute atomic E-state index is 0.106. The predicted molar refractivity (Wildman–Crippen MR) is 66.7 cm³/mol. The third-order valence-electron chi connectivity index (χ3n) is 3.74. The van der Waals surface area contributed by atoms with Gasteiger partial charge in [-0.25, -0.2) is 0 Å². The van der Waals surface area contributed by atoms with Crippen LogP contribution >= 0.6 is 0 Å². The topological polar surface area (TPSA) is 17.1 Å². The first-order chi connectivity index (χ1) is 7.74. The molecule has 0 saturated carbocycles. The molecule has 0 radical (unpaired) electrons. The summed E-state index contributed by atoms with van der Waals surface area (Å²) in [6.45, 7) is 4.25. The number of hydrogen-bond donors (Lipinski definition) is 0. The molecule has 86 valence electrons. The van der Waals surface area contributed by atoms with E-state index in [1.807, 2.05) is 13.0 Å². The Morgan fingerprint density at radius 1 is 1.25 bits per heavy atom. The maximum absolute atomic E-state index is 11.9. The quantitative estimate of drug-likeness (QED) is 0.745. The molecule has 1 heteroatoms. The van der Waals surface area contributed by atoms with Gasteiger partial charge in [-0.15, -0.1) is 0 Å². The first-order valence-corrected chi connectivity index (χ1v) is 6.35. The molecule has 0 N–H and O–H groups in total. The molecule has 0 bridgehead atoms. The van der Waals surface area contributed by atoms with Crippen LogP contribution in [0.1, 0.15) is 62.5 Å². The van der Waals surface area contributed by atoms with Gasteiger partial charge in [0.25, 0.3) is 0 Å². The van der Waals surface area contributed by atoms with E-state index in [9.17, 15) is 4.79 Å². The molecule has 1 aliphatic carbocycles. The normalized spacial score (nSPS) is 24.2. The number of fused-ring (bicyclic) bond motifs is 1. The van der Waals surface area contributed by atoms with Crippen LogP contribution in [0.25, 0.3) is 0 Å². The summed E-state index contributed by atoms with van der Waals surface area (Å²) in [5.74, 6) is 0.994. The van der Waals surface area contributed by atoms with Crippen LogP contribution in [0.15, 0.2) is 24.3 Å². The van der Waals surface area contributed by atoms with E-state index < -0.39 is 0 Å². The Kier molecular flexibility index (Phi) is 3.42. The summed E-state index contributed by atoms with van der Waals surface area (Å²) >= 11 is 0. The van der Waals surface area contributed by atoms with Gasteiger partial charge >= 0.3 is 0 Å². The number of unbranched alkanes of at least 4 members (excludes halogenated alkanes) is 1. The molecule has 0 heterocycles. The van der Waals surface area contributed by atoms with Crippen LogP contribution in [0.4, 0.5) is 0 Å². The number of benzene rings is 1. The second kappa shape index (κ2) is 4.82. The SMILES string of the molecule is CCCCC1CC(=O)C(C)c2ccccc21. The Morgan fingerprint density at radius 3 is 2.62 bits per heavy atom. The zero-order chi connectivity index (χ0) is 11.5. The molecule has 0 aliphatic heterocycles. The highest BCUT2D eigenvalue weighted by Gasteiger charge is 2.29. The third kappa shape index (κ3) is 2.04. The van der Waals surface area contributed by atoms with E-state index in [1.54, 1.807) is 0 Å². The second-order valence-electron chi connectivity index (χ2n) is 4.86. The van der Waals surface area contributed by atoms with Gasteiger partial charge in [0.15, 0.2) is 0 Å². The van der Waals surface area contributed by atoms with Crippen molar-refractivity contribution in [3.05, 3.63) is 35.4 Å². The third-order valence-corrected chi connectivity index (χ3v) is 3.74. The van der Waals surface area contributed by atoms with E-state index in [4.69, 9.17) is 0 Å². The monoisotopic (exact) mass is 216 g/mol. The van der Waals surface area contributed by atoms with Crippen molar-refractivity contribution in [2.24, 2.45) is 0 Å². The smallest absolute Gasteiger partial charge is 0.140 e. The Hall–Kier alpha value is -1.11. The predicted octanol–water partition coefficient (Wildman–Crippen LogP) is 4.04. The molecule has 1 aromatic carbocycles. The first-order valence-electron chi connectivity index (χ1n) is 6.35. The summed E-state index contributed by atoms with van der Waals surface area (Å²) in [6.07, 6.45) is 4.34. The van der Waals surface area contributed by atoms with Crippen molar-refractivity contribution < 1.29 is 4.79 Å². The molecule has 2 rings (SSSR count). The lowest BCUT2D eigenvalue weighted by atomic mass is 9.75. The van der Waals surface area contributed by atoms with Gasteiger partial charge in [-0.3, -0.25) is 4.79 Å². The van der Waals surface area contributed by atoms with Crippen molar-refractivity contribution in [2.75, 3.05) is 0 Å². The molecule has 16 heavy (non-hydrogen) atoms. The number of carbonyl (C=O) groups is 1. The number of Topliss-reactive ketones (excluding diaryl/α,β-unsaturated/α-hetero) is 1. The summed E-state index contributed by atoms with van der Waals surface area (Å²) < 4.78 is 0. The number of carbonyl (C=O) groups excluding carboxylic acids is 1. The van der Waals surface area contributed by atoms with Crippen LogP contribution in [0.3, 0.4) is 0 Å². The summed E-state index contributed by atoms with van der Waals surface area (Å²) in [5, 5.41) is 0. The number of rotatable bonds is 3. The lowest BCUT2D eigenvalue weighted by Gasteiger charge is -2.28. The molecule has 2 unspecified atom stereocenters. The molecule has 0 fully saturated rings. The average molecular weight is 216 g/mol. The zero-order valence-corrected chi connectivity index (χ0v) is 10.2. The molecular formula is C15H20O. The van der Waals surface area contributed by atoms with Crippen LogP contribution in [-0.2, 0) is 4.79 Å². The van der Waals surface area contributed by atoms with E-state index in [2.05, 4.69) is 25.1 Å². The minimum Gasteiger partial charge on any atom is -0.299 e. The molecule has 0 amide bonds. The Bertz CT molecular complexity index is 381. The largest absolute Gasteiger partial charge is 0.299 e. The lowest BCUT2D eigenvalue weighted by molar-refractivity contribution is -0.121. The van der Waals surface area contributed by atoms with E-state index >= 15 is 0 Å². The van der Waals surface area contributed by atoms with Crippen molar-refractivity contribution >= 4 is 5.78 Å². The molecule has 2 atom stereocenters. The summed E-state index contributed by atoms with van der Waals surface area (Å²) in [6, 6.07) is 8.47. The van der Waals surface area contributed by atoms with Crippen LogP contribution in [-0.4, -0.2) is 5.78 Å².